The lowest BCUT2D eigenvalue weighted by molar-refractivity contribution is 0.375. The van der Waals surface area contributed by atoms with Crippen molar-refractivity contribution in [3.05, 3.63) is 34.7 Å². The molecule has 3 atom stereocenters. The molecule has 1 aliphatic carbocycles. The molecule has 0 aromatic carbocycles. The maximum atomic E-state index is 8.39. The summed E-state index contributed by atoms with van der Waals surface area (Å²) in [6.45, 7) is 7.96. The lowest BCUT2D eigenvalue weighted by Crippen LogP contribution is -2.25. The van der Waals surface area contributed by atoms with Crippen LogP contribution in [0, 0.1) is 11.8 Å². The van der Waals surface area contributed by atoms with Crippen molar-refractivity contribution in [3.63, 3.8) is 0 Å². The number of hydrogen-bond donors (Lipinski definition) is 0. The molecule has 0 N–H and O–H groups in total. The van der Waals surface area contributed by atoms with E-state index in [1.807, 2.05) is 6.08 Å². The Morgan fingerprint density at radius 1 is 1.77 bits per heavy atom. The summed E-state index contributed by atoms with van der Waals surface area (Å²) < 4.78 is 0. The van der Waals surface area contributed by atoms with E-state index < -0.39 is 0 Å². The van der Waals surface area contributed by atoms with E-state index in [9.17, 15) is 0 Å². The first kappa shape index (κ1) is 9.87. The average Bonchev–Trinajstić information content (AvgIpc) is 2.11. The van der Waals surface area contributed by atoms with Crippen LogP contribution in [0.3, 0.4) is 0 Å². The van der Waals surface area contributed by atoms with Crippen molar-refractivity contribution >= 4 is 0 Å². The fourth-order valence-electron chi connectivity index (χ4n) is 1.82. The fraction of sp³-hybridized carbons (Fsp3) is 0.600. The Morgan fingerprint density at radius 2 is 2.46 bits per heavy atom. The molecule has 0 heterocycles. The molecule has 0 unspecified atom stereocenters. The largest absolute Gasteiger partial charge is 0.102 e. The predicted octanol–water partition coefficient (Wildman–Crippen LogP) is 3.45. The van der Waals surface area contributed by atoms with Gasteiger partial charge in [0, 0.05) is 11.0 Å². The Balaban J connectivity index is 2.87. The van der Waals surface area contributed by atoms with Crippen molar-refractivity contribution in [3.8, 4) is 0 Å². The van der Waals surface area contributed by atoms with Crippen LogP contribution < -0.4 is 0 Å². The minimum Gasteiger partial charge on any atom is -0.102 e. The van der Waals surface area contributed by atoms with Crippen molar-refractivity contribution in [2.75, 3.05) is 0 Å². The first-order chi connectivity index (χ1) is 6.19. The van der Waals surface area contributed by atoms with E-state index in [2.05, 4.69) is 36.5 Å². The number of azide groups is 1. The van der Waals surface area contributed by atoms with Crippen LogP contribution in [0.2, 0.25) is 0 Å². The van der Waals surface area contributed by atoms with Crippen LogP contribution in [0.4, 0.5) is 0 Å². The molecule has 0 amide bonds. The van der Waals surface area contributed by atoms with E-state index in [0.29, 0.717) is 11.8 Å². The van der Waals surface area contributed by atoms with Crippen LogP contribution in [-0.4, -0.2) is 6.04 Å². The van der Waals surface area contributed by atoms with Crippen molar-refractivity contribution < 1.29 is 0 Å². The van der Waals surface area contributed by atoms with E-state index in [1.54, 1.807) is 0 Å². The third-order valence-electron chi connectivity index (χ3n) is 2.69. The predicted molar refractivity (Wildman–Crippen MR) is 54.2 cm³/mol. The fourth-order valence-corrected chi connectivity index (χ4v) is 1.82. The Hall–Kier alpha value is -1.21. The second-order valence-corrected chi connectivity index (χ2v) is 3.66. The van der Waals surface area contributed by atoms with Crippen molar-refractivity contribution in [1.29, 1.82) is 0 Å². The summed E-state index contributed by atoms with van der Waals surface area (Å²) in [6, 6.07) is 0.0954. The molecular formula is C10H15N3. The monoisotopic (exact) mass is 177 g/mol. The van der Waals surface area contributed by atoms with Crippen molar-refractivity contribution in [2.45, 2.75) is 26.3 Å². The molecule has 0 aliphatic heterocycles. The van der Waals surface area contributed by atoms with Gasteiger partial charge in [0.25, 0.3) is 0 Å². The second-order valence-electron chi connectivity index (χ2n) is 3.66. The number of nitrogens with zero attached hydrogens (tertiary/aromatic N) is 3. The molecule has 0 aromatic rings. The zero-order chi connectivity index (χ0) is 9.84. The Bertz CT molecular complexity index is 274. The van der Waals surface area contributed by atoms with Gasteiger partial charge in [-0.2, -0.15) is 0 Å². The van der Waals surface area contributed by atoms with E-state index in [1.165, 1.54) is 5.57 Å². The van der Waals surface area contributed by atoms with Crippen LogP contribution in [0.25, 0.3) is 10.4 Å². The highest BCUT2D eigenvalue weighted by Gasteiger charge is 2.25. The highest BCUT2D eigenvalue weighted by atomic mass is 15.1. The molecule has 0 fully saturated rings. The molecule has 3 heteroatoms. The Labute approximate surface area is 78.8 Å². The van der Waals surface area contributed by atoms with Gasteiger partial charge in [-0.05, 0) is 30.7 Å². The van der Waals surface area contributed by atoms with Gasteiger partial charge in [0.2, 0.25) is 0 Å². The molecule has 1 rings (SSSR count). The van der Waals surface area contributed by atoms with Crippen molar-refractivity contribution in [1.82, 2.24) is 0 Å². The van der Waals surface area contributed by atoms with Gasteiger partial charge in [-0.1, -0.05) is 29.8 Å². The van der Waals surface area contributed by atoms with E-state index in [0.717, 1.165) is 6.42 Å². The Morgan fingerprint density at radius 3 is 3.00 bits per heavy atom. The molecule has 0 saturated carbocycles. The first-order valence-electron chi connectivity index (χ1n) is 4.53. The third kappa shape index (κ3) is 2.13. The molecule has 13 heavy (non-hydrogen) atoms. The minimum absolute atomic E-state index is 0.0954. The summed E-state index contributed by atoms with van der Waals surface area (Å²) in [5.74, 6) is 0.723. The number of hydrogen-bond acceptors (Lipinski definition) is 1. The molecular weight excluding hydrogens is 162 g/mol. The normalized spacial score (nSPS) is 33.1. The van der Waals surface area contributed by atoms with Gasteiger partial charge in [-0.3, -0.25) is 0 Å². The maximum absolute atomic E-state index is 8.39. The van der Waals surface area contributed by atoms with Gasteiger partial charge in [-0.15, -0.1) is 6.58 Å². The minimum atomic E-state index is 0.0954. The second kappa shape index (κ2) is 4.15. The summed E-state index contributed by atoms with van der Waals surface area (Å²) in [6.07, 6.45) is 5.02. The van der Waals surface area contributed by atoms with E-state index >= 15 is 0 Å². The zero-order valence-electron chi connectivity index (χ0n) is 8.14. The van der Waals surface area contributed by atoms with E-state index in [-0.39, 0.29) is 6.04 Å². The summed E-state index contributed by atoms with van der Waals surface area (Å²) in [5, 5.41) is 3.81. The van der Waals surface area contributed by atoms with Crippen LogP contribution in [0.1, 0.15) is 20.3 Å². The lowest BCUT2D eigenvalue weighted by atomic mass is 9.79. The Kier molecular flexibility index (Phi) is 3.15. The molecule has 70 valence electrons. The quantitative estimate of drug-likeness (QED) is 0.268. The summed E-state index contributed by atoms with van der Waals surface area (Å²) in [5.41, 5.74) is 9.69. The number of rotatable bonds is 2. The van der Waals surface area contributed by atoms with Crippen LogP contribution in [0.5, 0.6) is 0 Å². The average molecular weight is 177 g/mol. The van der Waals surface area contributed by atoms with Gasteiger partial charge in [0.05, 0.1) is 0 Å². The van der Waals surface area contributed by atoms with Crippen LogP contribution in [-0.2, 0) is 0 Å². The molecule has 0 aromatic heterocycles. The highest BCUT2D eigenvalue weighted by Crippen LogP contribution is 2.31. The van der Waals surface area contributed by atoms with E-state index in [4.69, 9.17) is 5.53 Å². The maximum Gasteiger partial charge on any atom is 0.0445 e. The lowest BCUT2D eigenvalue weighted by Gasteiger charge is -2.29. The summed E-state index contributed by atoms with van der Waals surface area (Å²) in [4.78, 5) is 2.88. The molecule has 1 aliphatic rings. The molecule has 0 bridgehead atoms. The molecule has 0 spiro atoms. The molecule has 0 radical (unpaired) electrons. The molecule has 3 nitrogen and oxygen atoms in total. The third-order valence-corrected chi connectivity index (χ3v) is 2.69. The highest BCUT2D eigenvalue weighted by molar-refractivity contribution is 5.15. The van der Waals surface area contributed by atoms with Gasteiger partial charge in [0.1, 0.15) is 0 Å². The van der Waals surface area contributed by atoms with Crippen LogP contribution in [0.15, 0.2) is 29.4 Å². The SMILES string of the molecule is C=C[C@H]1C=C(C)C[C@H](N=[N+]=[N-])[C@H]1C. The number of allylic oxidation sites excluding steroid dienone is 2. The van der Waals surface area contributed by atoms with Gasteiger partial charge >= 0.3 is 0 Å². The topological polar surface area (TPSA) is 48.8 Å². The summed E-state index contributed by atoms with van der Waals surface area (Å²) in [7, 11) is 0. The smallest absolute Gasteiger partial charge is 0.0445 e. The first-order valence-corrected chi connectivity index (χ1v) is 4.53. The standard InChI is InChI=1S/C10H15N3/c1-4-9-5-7(2)6-10(8(9)3)12-13-11/h4-5,8-10H,1,6H2,2-3H3/t8-,9-,10-/m0/s1. The summed E-state index contributed by atoms with van der Waals surface area (Å²) >= 11 is 0. The van der Waals surface area contributed by atoms with Crippen molar-refractivity contribution in [2.24, 2.45) is 17.0 Å². The molecule has 0 saturated heterocycles. The van der Waals surface area contributed by atoms with Gasteiger partial charge in [0.15, 0.2) is 0 Å². The van der Waals surface area contributed by atoms with Gasteiger partial charge in [-0.25, -0.2) is 0 Å². The van der Waals surface area contributed by atoms with Gasteiger partial charge < -0.3 is 0 Å². The van der Waals surface area contributed by atoms with Crippen LogP contribution >= 0.6 is 0 Å². The zero-order valence-corrected chi connectivity index (χ0v) is 8.14.